The normalized spacial score (nSPS) is 18.2. The van der Waals surface area contributed by atoms with Gasteiger partial charge in [0.05, 0.1) is 12.4 Å². The van der Waals surface area contributed by atoms with E-state index in [0.29, 0.717) is 18.1 Å². The third kappa shape index (κ3) is 4.14. The van der Waals surface area contributed by atoms with E-state index in [1.54, 1.807) is 24.1 Å². The first-order valence-electron chi connectivity index (χ1n) is 7.74. The number of furan rings is 1. The zero-order valence-electron chi connectivity index (χ0n) is 12.8. The first-order chi connectivity index (χ1) is 11.2. The molecule has 2 N–H and O–H groups in total. The second-order valence-corrected chi connectivity index (χ2v) is 6.44. The minimum absolute atomic E-state index is 0.235. The predicted molar refractivity (Wildman–Crippen MR) is 85.9 cm³/mol. The highest BCUT2D eigenvalue weighted by Crippen LogP contribution is 2.27. The molecule has 0 aromatic carbocycles. The Morgan fingerprint density at radius 2 is 2.35 bits per heavy atom. The van der Waals surface area contributed by atoms with E-state index in [1.807, 2.05) is 10.6 Å². The average Bonchev–Trinajstić information content (AvgIpc) is 3.21. The lowest BCUT2D eigenvalue weighted by Gasteiger charge is -2.21. The lowest BCUT2D eigenvalue weighted by molar-refractivity contribution is -0.118. The molecule has 0 bridgehead atoms. The van der Waals surface area contributed by atoms with Crippen LogP contribution in [-0.4, -0.2) is 39.1 Å². The molecule has 7 nitrogen and oxygen atoms in total. The van der Waals surface area contributed by atoms with Crippen LogP contribution in [0.15, 0.2) is 28.0 Å². The SMILES string of the molecule is NC(=O)CCn1c(SCC2CCCCO2)nnc1-c1ccco1. The molecule has 1 amide bonds. The van der Waals surface area contributed by atoms with Gasteiger partial charge in [0.15, 0.2) is 16.7 Å². The van der Waals surface area contributed by atoms with Crippen LogP contribution in [0.25, 0.3) is 11.6 Å². The van der Waals surface area contributed by atoms with Gasteiger partial charge in [-0.05, 0) is 31.4 Å². The number of primary amides is 1. The molecule has 1 aliphatic rings. The van der Waals surface area contributed by atoms with Crippen molar-refractivity contribution in [2.24, 2.45) is 5.73 Å². The molecule has 3 rings (SSSR count). The van der Waals surface area contributed by atoms with Gasteiger partial charge in [-0.2, -0.15) is 0 Å². The summed E-state index contributed by atoms with van der Waals surface area (Å²) in [6.07, 6.45) is 5.50. The second-order valence-electron chi connectivity index (χ2n) is 5.45. The molecule has 0 aliphatic carbocycles. The average molecular weight is 336 g/mol. The predicted octanol–water partition coefficient (Wildman–Crippen LogP) is 2.07. The molecular formula is C15H20N4O3S. The lowest BCUT2D eigenvalue weighted by Crippen LogP contribution is -2.21. The lowest BCUT2D eigenvalue weighted by atomic mass is 10.1. The number of amides is 1. The second kappa shape index (κ2) is 7.65. The van der Waals surface area contributed by atoms with E-state index in [4.69, 9.17) is 14.9 Å². The molecule has 124 valence electrons. The van der Waals surface area contributed by atoms with Crippen LogP contribution in [0.2, 0.25) is 0 Å². The van der Waals surface area contributed by atoms with Crippen LogP contribution < -0.4 is 5.73 Å². The van der Waals surface area contributed by atoms with Crippen molar-refractivity contribution in [1.29, 1.82) is 0 Å². The summed E-state index contributed by atoms with van der Waals surface area (Å²) < 4.78 is 13.0. The molecule has 1 saturated heterocycles. The van der Waals surface area contributed by atoms with Crippen molar-refractivity contribution in [2.45, 2.75) is 43.5 Å². The van der Waals surface area contributed by atoms with Gasteiger partial charge < -0.3 is 14.9 Å². The van der Waals surface area contributed by atoms with Gasteiger partial charge in [0, 0.05) is 25.3 Å². The van der Waals surface area contributed by atoms with E-state index >= 15 is 0 Å². The van der Waals surface area contributed by atoms with Gasteiger partial charge in [0.25, 0.3) is 0 Å². The Morgan fingerprint density at radius 3 is 3.04 bits per heavy atom. The van der Waals surface area contributed by atoms with E-state index in [2.05, 4.69) is 10.2 Å². The van der Waals surface area contributed by atoms with Crippen LogP contribution in [0.1, 0.15) is 25.7 Å². The molecule has 0 saturated carbocycles. The van der Waals surface area contributed by atoms with E-state index in [0.717, 1.165) is 30.4 Å². The van der Waals surface area contributed by atoms with E-state index in [1.165, 1.54) is 6.42 Å². The fourth-order valence-electron chi connectivity index (χ4n) is 2.51. The summed E-state index contributed by atoms with van der Waals surface area (Å²) in [5.41, 5.74) is 5.28. The van der Waals surface area contributed by atoms with Crippen LogP contribution in [0, 0.1) is 0 Å². The Bertz CT molecular complexity index is 635. The standard InChI is InChI=1S/C15H20N4O3S/c16-13(20)6-7-19-14(12-5-3-9-22-12)17-18-15(19)23-10-11-4-1-2-8-21-11/h3,5,9,11H,1-2,4,6-8,10H2,(H2,16,20). The number of nitrogens with two attached hydrogens (primary N) is 1. The molecule has 23 heavy (non-hydrogen) atoms. The van der Waals surface area contributed by atoms with Crippen molar-refractivity contribution in [1.82, 2.24) is 14.8 Å². The third-order valence-electron chi connectivity index (χ3n) is 3.71. The van der Waals surface area contributed by atoms with Crippen molar-refractivity contribution < 1.29 is 13.9 Å². The highest BCUT2D eigenvalue weighted by Gasteiger charge is 2.20. The van der Waals surface area contributed by atoms with Crippen LogP contribution in [0.4, 0.5) is 0 Å². The monoisotopic (exact) mass is 336 g/mol. The van der Waals surface area contributed by atoms with Crippen LogP contribution in [-0.2, 0) is 16.1 Å². The number of rotatable bonds is 7. The van der Waals surface area contributed by atoms with Crippen LogP contribution in [0.5, 0.6) is 0 Å². The minimum Gasteiger partial charge on any atom is -0.461 e. The fraction of sp³-hybridized carbons (Fsp3) is 0.533. The molecule has 1 unspecified atom stereocenters. The Labute approximate surface area is 138 Å². The summed E-state index contributed by atoms with van der Waals surface area (Å²) in [6.45, 7) is 1.27. The number of carbonyl (C=O) groups is 1. The van der Waals surface area contributed by atoms with Crippen molar-refractivity contribution in [3.8, 4) is 11.6 Å². The zero-order valence-corrected chi connectivity index (χ0v) is 13.6. The van der Waals surface area contributed by atoms with E-state index < -0.39 is 0 Å². The Morgan fingerprint density at radius 1 is 1.43 bits per heavy atom. The van der Waals surface area contributed by atoms with E-state index in [-0.39, 0.29) is 18.4 Å². The van der Waals surface area contributed by atoms with Crippen molar-refractivity contribution in [3.05, 3.63) is 18.4 Å². The summed E-state index contributed by atoms with van der Waals surface area (Å²) in [5, 5.41) is 9.20. The number of ether oxygens (including phenoxy) is 1. The molecule has 1 aliphatic heterocycles. The first kappa shape index (κ1) is 16.1. The summed E-state index contributed by atoms with van der Waals surface area (Å²) >= 11 is 1.59. The molecule has 0 radical (unpaired) electrons. The summed E-state index contributed by atoms with van der Waals surface area (Å²) in [6, 6.07) is 3.62. The van der Waals surface area contributed by atoms with Crippen LogP contribution in [0.3, 0.4) is 0 Å². The zero-order chi connectivity index (χ0) is 16.1. The first-order valence-corrected chi connectivity index (χ1v) is 8.72. The number of carbonyl (C=O) groups excluding carboxylic acids is 1. The maximum Gasteiger partial charge on any atom is 0.219 e. The van der Waals surface area contributed by atoms with Crippen molar-refractivity contribution in [2.75, 3.05) is 12.4 Å². The molecule has 2 aromatic rings. The van der Waals surface area contributed by atoms with Crippen LogP contribution >= 0.6 is 11.8 Å². The molecule has 8 heteroatoms. The van der Waals surface area contributed by atoms with Crippen molar-refractivity contribution in [3.63, 3.8) is 0 Å². The topological polar surface area (TPSA) is 96.2 Å². The number of hydrogen-bond acceptors (Lipinski definition) is 6. The summed E-state index contributed by atoms with van der Waals surface area (Å²) in [5.74, 6) is 1.72. The van der Waals surface area contributed by atoms with E-state index in [9.17, 15) is 4.79 Å². The third-order valence-corrected chi connectivity index (χ3v) is 4.81. The fourth-order valence-corrected chi connectivity index (χ4v) is 3.54. The Balaban J connectivity index is 1.74. The Hall–Kier alpha value is -1.80. The smallest absolute Gasteiger partial charge is 0.219 e. The number of thioether (sulfide) groups is 1. The number of nitrogens with zero attached hydrogens (tertiary/aromatic N) is 3. The minimum atomic E-state index is -0.351. The number of hydrogen-bond donors (Lipinski definition) is 1. The van der Waals surface area contributed by atoms with Gasteiger partial charge in [-0.25, -0.2) is 0 Å². The van der Waals surface area contributed by atoms with Gasteiger partial charge in [0.1, 0.15) is 0 Å². The number of aromatic nitrogens is 3. The Kier molecular flexibility index (Phi) is 5.35. The maximum atomic E-state index is 11.1. The molecule has 1 fully saturated rings. The molecular weight excluding hydrogens is 316 g/mol. The van der Waals surface area contributed by atoms with Gasteiger partial charge in [-0.1, -0.05) is 11.8 Å². The van der Waals surface area contributed by atoms with Gasteiger partial charge in [-0.3, -0.25) is 9.36 Å². The maximum absolute atomic E-state index is 11.1. The van der Waals surface area contributed by atoms with Gasteiger partial charge >= 0.3 is 0 Å². The van der Waals surface area contributed by atoms with Gasteiger partial charge in [0.2, 0.25) is 5.91 Å². The highest BCUT2D eigenvalue weighted by atomic mass is 32.2. The molecule has 2 aromatic heterocycles. The quantitative estimate of drug-likeness (QED) is 0.778. The molecule has 3 heterocycles. The van der Waals surface area contributed by atoms with Crippen molar-refractivity contribution >= 4 is 17.7 Å². The summed E-state index contributed by atoms with van der Waals surface area (Å²) in [4.78, 5) is 11.1. The molecule has 0 spiro atoms. The van der Waals surface area contributed by atoms with Gasteiger partial charge in [-0.15, -0.1) is 10.2 Å². The molecule has 1 atom stereocenters. The largest absolute Gasteiger partial charge is 0.461 e. The summed E-state index contributed by atoms with van der Waals surface area (Å²) in [7, 11) is 0. The highest BCUT2D eigenvalue weighted by molar-refractivity contribution is 7.99.